The molecule has 0 fully saturated rings. The van der Waals surface area contributed by atoms with Gasteiger partial charge in [0.15, 0.2) is 9.84 Å². The largest absolute Gasteiger partial charge is 0.298 e. The second-order valence-electron chi connectivity index (χ2n) is 4.14. The molecule has 1 aromatic rings. The molecule has 0 aliphatic carbocycles. The number of ketones is 1. The number of Topliss-reactive ketones (excluding diaryl/α,β-unsaturated/α-hetero) is 1. The van der Waals surface area contributed by atoms with Crippen molar-refractivity contribution < 1.29 is 13.2 Å². The summed E-state index contributed by atoms with van der Waals surface area (Å²) in [6.45, 7) is 4.77. The summed E-state index contributed by atoms with van der Waals surface area (Å²) in [4.78, 5) is 11.1. The zero-order chi connectivity index (χ0) is 13.2. The fourth-order valence-corrected chi connectivity index (χ4v) is 2.70. The Labute approximate surface area is 110 Å². The SMILES string of the molecule is CC(=O)C(Br)c1ccc(S(=O)(=O)C(C)C)cc1. The van der Waals surface area contributed by atoms with Crippen molar-refractivity contribution in [3.63, 3.8) is 0 Å². The first-order valence-corrected chi connectivity index (χ1v) is 7.71. The maximum atomic E-state index is 11.9. The Morgan fingerprint density at radius 2 is 1.65 bits per heavy atom. The molecule has 0 amide bonds. The van der Waals surface area contributed by atoms with Crippen molar-refractivity contribution in [3.8, 4) is 0 Å². The summed E-state index contributed by atoms with van der Waals surface area (Å²) in [5.41, 5.74) is 0.764. The van der Waals surface area contributed by atoms with Crippen molar-refractivity contribution in [1.29, 1.82) is 0 Å². The van der Waals surface area contributed by atoms with Gasteiger partial charge in [-0.05, 0) is 38.5 Å². The zero-order valence-electron chi connectivity index (χ0n) is 9.98. The van der Waals surface area contributed by atoms with Crippen LogP contribution < -0.4 is 0 Å². The van der Waals surface area contributed by atoms with Crippen LogP contribution in [-0.4, -0.2) is 19.5 Å². The molecule has 0 N–H and O–H groups in total. The van der Waals surface area contributed by atoms with Gasteiger partial charge >= 0.3 is 0 Å². The van der Waals surface area contributed by atoms with E-state index in [4.69, 9.17) is 0 Å². The number of hydrogen-bond acceptors (Lipinski definition) is 3. The number of carbonyl (C=O) groups is 1. The molecular formula is C12H15BrO3S. The number of carbonyl (C=O) groups excluding carboxylic acids is 1. The number of rotatable bonds is 4. The molecule has 17 heavy (non-hydrogen) atoms. The summed E-state index contributed by atoms with van der Waals surface area (Å²) in [5, 5.41) is -0.444. The van der Waals surface area contributed by atoms with Crippen LogP contribution in [-0.2, 0) is 14.6 Å². The van der Waals surface area contributed by atoms with Gasteiger partial charge in [0.1, 0.15) is 5.78 Å². The van der Waals surface area contributed by atoms with E-state index in [2.05, 4.69) is 15.9 Å². The second-order valence-corrected chi connectivity index (χ2v) is 7.56. The summed E-state index contributed by atoms with van der Waals surface area (Å²) in [6.07, 6.45) is 0. The average molecular weight is 319 g/mol. The van der Waals surface area contributed by atoms with Crippen LogP contribution >= 0.6 is 15.9 Å². The zero-order valence-corrected chi connectivity index (χ0v) is 12.4. The predicted octanol–water partition coefficient (Wildman–Crippen LogP) is 2.89. The molecule has 94 valence electrons. The quantitative estimate of drug-likeness (QED) is 0.802. The van der Waals surface area contributed by atoms with Crippen LogP contribution in [0.5, 0.6) is 0 Å². The van der Waals surface area contributed by atoms with Crippen LogP contribution in [0.15, 0.2) is 29.2 Å². The fraction of sp³-hybridized carbons (Fsp3) is 0.417. The van der Waals surface area contributed by atoms with Gasteiger partial charge in [-0.1, -0.05) is 28.1 Å². The summed E-state index contributed by atoms with van der Waals surface area (Å²) < 4.78 is 23.7. The molecular weight excluding hydrogens is 304 g/mol. The lowest BCUT2D eigenvalue weighted by atomic mass is 10.1. The lowest BCUT2D eigenvalue weighted by Gasteiger charge is -2.10. The lowest BCUT2D eigenvalue weighted by Crippen LogP contribution is -2.14. The van der Waals surface area contributed by atoms with E-state index in [0.717, 1.165) is 5.56 Å². The monoisotopic (exact) mass is 318 g/mol. The van der Waals surface area contributed by atoms with E-state index < -0.39 is 15.1 Å². The van der Waals surface area contributed by atoms with E-state index in [1.54, 1.807) is 38.1 Å². The molecule has 0 radical (unpaired) electrons. The number of alkyl halides is 1. The van der Waals surface area contributed by atoms with Gasteiger partial charge in [0, 0.05) is 0 Å². The van der Waals surface area contributed by atoms with Gasteiger partial charge in [-0.15, -0.1) is 0 Å². The van der Waals surface area contributed by atoms with Gasteiger partial charge in [-0.25, -0.2) is 8.42 Å². The normalized spacial score (nSPS) is 13.7. The number of hydrogen-bond donors (Lipinski definition) is 0. The minimum Gasteiger partial charge on any atom is -0.298 e. The van der Waals surface area contributed by atoms with E-state index >= 15 is 0 Å². The van der Waals surface area contributed by atoms with Crippen LogP contribution in [0.1, 0.15) is 31.2 Å². The van der Waals surface area contributed by atoms with Gasteiger partial charge in [-0.2, -0.15) is 0 Å². The van der Waals surface area contributed by atoms with Gasteiger partial charge in [0.25, 0.3) is 0 Å². The Morgan fingerprint density at radius 1 is 1.18 bits per heavy atom. The molecule has 1 rings (SSSR count). The maximum Gasteiger partial charge on any atom is 0.180 e. The summed E-state index contributed by atoms with van der Waals surface area (Å²) >= 11 is 3.26. The first kappa shape index (κ1) is 14.4. The third kappa shape index (κ3) is 3.16. The Balaban J connectivity index is 3.09. The molecule has 3 nitrogen and oxygen atoms in total. The Hall–Kier alpha value is -0.680. The highest BCUT2D eigenvalue weighted by Gasteiger charge is 2.20. The van der Waals surface area contributed by atoms with Crippen molar-refractivity contribution in [2.45, 2.75) is 35.7 Å². The lowest BCUT2D eigenvalue weighted by molar-refractivity contribution is -0.116. The van der Waals surface area contributed by atoms with Crippen molar-refractivity contribution in [3.05, 3.63) is 29.8 Å². The molecule has 1 atom stereocenters. The Bertz CT molecular complexity index is 503. The van der Waals surface area contributed by atoms with Crippen molar-refractivity contribution in [1.82, 2.24) is 0 Å². The highest BCUT2D eigenvalue weighted by Crippen LogP contribution is 2.25. The maximum absolute atomic E-state index is 11.9. The molecule has 0 saturated heterocycles. The van der Waals surface area contributed by atoms with Crippen LogP contribution in [0.25, 0.3) is 0 Å². The summed E-state index contributed by atoms with van der Waals surface area (Å²) in [5.74, 6) is -0.00975. The molecule has 0 aliphatic heterocycles. The molecule has 0 heterocycles. The van der Waals surface area contributed by atoms with E-state index in [0.29, 0.717) is 4.90 Å². The van der Waals surface area contributed by atoms with Crippen LogP contribution in [0.2, 0.25) is 0 Å². The Morgan fingerprint density at radius 3 is 2.00 bits per heavy atom. The summed E-state index contributed by atoms with van der Waals surface area (Å²) in [6, 6.07) is 6.41. The highest BCUT2D eigenvalue weighted by molar-refractivity contribution is 9.09. The molecule has 0 aliphatic rings. The topological polar surface area (TPSA) is 51.2 Å². The number of benzene rings is 1. The predicted molar refractivity (Wildman–Crippen MR) is 71.1 cm³/mol. The average Bonchev–Trinajstić information content (AvgIpc) is 2.27. The summed E-state index contributed by atoms with van der Waals surface area (Å²) in [7, 11) is -3.24. The fourth-order valence-electron chi connectivity index (χ4n) is 1.33. The second kappa shape index (κ2) is 5.31. The smallest absolute Gasteiger partial charge is 0.180 e. The number of halogens is 1. The van der Waals surface area contributed by atoms with Gasteiger partial charge < -0.3 is 0 Å². The van der Waals surface area contributed by atoms with Crippen LogP contribution in [0.4, 0.5) is 0 Å². The van der Waals surface area contributed by atoms with Crippen molar-refractivity contribution >= 4 is 31.6 Å². The molecule has 5 heteroatoms. The molecule has 0 spiro atoms. The molecule has 0 bridgehead atoms. The van der Waals surface area contributed by atoms with E-state index in [1.165, 1.54) is 6.92 Å². The van der Waals surface area contributed by atoms with Gasteiger partial charge in [0.2, 0.25) is 0 Å². The minimum atomic E-state index is -3.24. The van der Waals surface area contributed by atoms with Crippen LogP contribution in [0.3, 0.4) is 0 Å². The Kier molecular flexibility index (Phi) is 4.49. The molecule has 1 unspecified atom stereocenters. The number of sulfone groups is 1. The molecule has 1 aromatic carbocycles. The minimum absolute atomic E-state index is 0.00975. The third-order valence-corrected chi connectivity index (χ3v) is 5.82. The molecule has 0 aromatic heterocycles. The third-order valence-electron chi connectivity index (χ3n) is 2.48. The standard InChI is InChI=1S/C12H15BrO3S/c1-8(2)17(15,16)11-6-4-10(5-7-11)12(13)9(3)14/h4-8,12H,1-3H3. The first-order chi connectivity index (χ1) is 7.76. The highest BCUT2D eigenvalue weighted by atomic mass is 79.9. The first-order valence-electron chi connectivity index (χ1n) is 5.25. The van der Waals surface area contributed by atoms with Crippen molar-refractivity contribution in [2.75, 3.05) is 0 Å². The van der Waals surface area contributed by atoms with Gasteiger partial charge in [-0.3, -0.25) is 4.79 Å². The van der Waals surface area contributed by atoms with Crippen molar-refractivity contribution in [2.24, 2.45) is 0 Å². The molecule has 0 saturated carbocycles. The van der Waals surface area contributed by atoms with E-state index in [1.807, 2.05) is 0 Å². The van der Waals surface area contributed by atoms with Gasteiger partial charge in [0.05, 0.1) is 15.0 Å². The van der Waals surface area contributed by atoms with Crippen LogP contribution in [0, 0.1) is 0 Å². The van der Waals surface area contributed by atoms with E-state index in [-0.39, 0.29) is 10.6 Å². The van der Waals surface area contributed by atoms with E-state index in [9.17, 15) is 13.2 Å².